The fraction of sp³-hybridized carbons (Fsp3) is 0.389. The molecule has 1 saturated heterocycles. The van der Waals surface area contributed by atoms with Gasteiger partial charge in [0.2, 0.25) is 11.9 Å². The van der Waals surface area contributed by atoms with Crippen LogP contribution < -0.4 is 10.2 Å². The molecule has 2 aliphatic rings. The Balaban J connectivity index is 1.44. The van der Waals surface area contributed by atoms with Crippen LogP contribution >= 0.6 is 0 Å². The fourth-order valence-electron chi connectivity index (χ4n) is 3.28. The van der Waals surface area contributed by atoms with E-state index in [-0.39, 0.29) is 5.91 Å². The van der Waals surface area contributed by atoms with E-state index in [4.69, 9.17) is 0 Å². The van der Waals surface area contributed by atoms with Gasteiger partial charge in [0, 0.05) is 38.4 Å². The van der Waals surface area contributed by atoms with Crippen molar-refractivity contribution in [1.29, 1.82) is 0 Å². The second-order valence-electron chi connectivity index (χ2n) is 6.26. The minimum Gasteiger partial charge on any atom is -0.354 e. The molecule has 1 aliphatic heterocycles. The quantitative estimate of drug-likeness (QED) is 0.943. The maximum absolute atomic E-state index is 11.4. The molecule has 1 aromatic heterocycles. The van der Waals surface area contributed by atoms with Crippen LogP contribution in [0.15, 0.2) is 42.7 Å². The molecule has 1 aromatic carbocycles. The Morgan fingerprint density at radius 3 is 2.52 bits per heavy atom. The highest BCUT2D eigenvalue weighted by atomic mass is 16.1. The SMILES string of the molecule is O=C1CCN(c2ncc([C@@H]3C[C@H]3c3ccccc3)cn2)CCN1. The van der Waals surface area contributed by atoms with Gasteiger partial charge in [0.25, 0.3) is 0 Å². The standard InChI is InChI=1S/C18H20N4O/c23-17-6-8-22(9-7-19-17)18-20-11-14(12-21-18)16-10-15(16)13-4-2-1-3-5-13/h1-5,11-12,15-16H,6-10H2,(H,19,23)/t15-,16-/m0/s1. The summed E-state index contributed by atoms with van der Waals surface area (Å²) in [5, 5.41) is 2.87. The number of hydrogen-bond donors (Lipinski definition) is 1. The van der Waals surface area contributed by atoms with Crippen molar-refractivity contribution in [3.63, 3.8) is 0 Å². The van der Waals surface area contributed by atoms with Crippen molar-refractivity contribution in [2.75, 3.05) is 24.5 Å². The molecule has 0 spiro atoms. The number of nitrogens with zero attached hydrogens (tertiary/aromatic N) is 3. The number of carbonyl (C=O) groups is 1. The zero-order chi connectivity index (χ0) is 15.6. The molecule has 1 N–H and O–H groups in total. The van der Waals surface area contributed by atoms with Crippen LogP contribution in [-0.4, -0.2) is 35.5 Å². The minimum absolute atomic E-state index is 0.104. The predicted molar refractivity (Wildman–Crippen MR) is 88.4 cm³/mol. The van der Waals surface area contributed by atoms with Crippen LogP contribution in [0.4, 0.5) is 5.95 Å². The zero-order valence-corrected chi connectivity index (χ0v) is 13.0. The minimum atomic E-state index is 0.104. The Kier molecular flexibility index (Phi) is 3.69. The fourth-order valence-corrected chi connectivity index (χ4v) is 3.28. The van der Waals surface area contributed by atoms with Gasteiger partial charge in [0.05, 0.1) is 0 Å². The zero-order valence-electron chi connectivity index (χ0n) is 13.0. The average Bonchev–Trinajstić information content (AvgIpc) is 3.41. The van der Waals surface area contributed by atoms with Crippen molar-refractivity contribution in [1.82, 2.24) is 15.3 Å². The first kappa shape index (κ1) is 14.2. The van der Waals surface area contributed by atoms with Gasteiger partial charge in [-0.1, -0.05) is 30.3 Å². The van der Waals surface area contributed by atoms with Crippen molar-refractivity contribution in [2.45, 2.75) is 24.7 Å². The van der Waals surface area contributed by atoms with E-state index >= 15 is 0 Å². The van der Waals surface area contributed by atoms with E-state index in [0.29, 0.717) is 31.3 Å². The van der Waals surface area contributed by atoms with Gasteiger partial charge in [-0.15, -0.1) is 0 Å². The van der Waals surface area contributed by atoms with Crippen LogP contribution in [0.25, 0.3) is 0 Å². The van der Waals surface area contributed by atoms with Crippen LogP contribution in [-0.2, 0) is 4.79 Å². The number of benzene rings is 1. The smallest absolute Gasteiger partial charge is 0.225 e. The Hall–Kier alpha value is -2.43. The van der Waals surface area contributed by atoms with E-state index in [9.17, 15) is 4.79 Å². The first-order valence-corrected chi connectivity index (χ1v) is 8.20. The number of nitrogens with one attached hydrogen (secondary N) is 1. The lowest BCUT2D eigenvalue weighted by molar-refractivity contribution is -0.120. The summed E-state index contributed by atoms with van der Waals surface area (Å²) >= 11 is 0. The second kappa shape index (κ2) is 5.99. The van der Waals surface area contributed by atoms with Gasteiger partial charge in [-0.05, 0) is 29.4 Å². The second-order valence-corrected chi connectivity index (χ2v) is 6.26. The van der Waals surface area contributed by atoms with Crippen LogP contribution in [0.1, 0.15) is 35.8 Å². The summed E-state index contributed by atoms with van der Waals surface area (Å²) in [6.45, 7) is 2.10. The number of anilines is 1. The van der Waals surface area contributed by atoms with Crippen LogP contribution in [0.5, 0.6) is 0 Å². The summed E-state index contributed by atoms with van der Waals surface area (Å²) in [5.41, 5.74) is 2.62. The first-order valence-electron chi connectivity index (χ1n) is 8.20. The molecule has 1 aliphatic carbocycles. The molecule has 2 heterocycles. The lowest BCUT2D eigenvalue weighted by atomic mass is 10.1. The topological polar surface area (TPSA) is 58.1 Å². The highest BCUT2D eigenvalue weighted by Crippen LogP contribution is 2.54. The number of hydrogen-bond acceptors (Lipinski definition) is 4. The summed E-state index contributed by atoms with van der Waals surface area (Å²) in [4.78, 5) is 22.5. The first-order chi connectivity index (χ1) is 11.3. The number of amides is 1. The maximum atomic E-state index is 11.4. The third-order valence-electron chi connectivity index (χ3n) is 4.70. The van der Waals surface area contributed by atoms with Crippen molar-refractivity contribution in [3.8, 4) is 0 Å². The van der Waals surface area contributed by atoms with Gasteiger partial charge in [-0.2, -0.15) is 0 Å². The molecule has 2 aromatic rings. The van der Waals surface area contributed by atoms with E-state index in [1.807, 2.05) is 12.4 Å². The van der Waals surface area contributed by atoms with Crippen LogP contribution in [0.3, 0.4) is 0 Å². The summed E-state index contributed by atoms with van der Waals surface area (Å²) in [7, 11) is 0. The molecule has 0 radical (unpaired) electrons. The molecule has 5 nitrogen and oxygen atoms in total. The molecule has 0 unspecified atom stereocenters. The Labute approximate surface area is 135 Å². The largest absolute Gasteiger partial charge is 0.354 e. The molecular formula is C18H20N4O. The lowest BCUT2D eigenvalue weighted by Gasteiger charge is -2.19. The van der Waals surface area contributed by atoms with Crippen molar-refractivity contribution in [3.05, 3.63) is 53.9 Å². The van der Waals surface area contributed by atoms with Gasteiger partial charge < -0.3 is 10.2 Å². The van der Waals surface area contributed by atoms with Gasteiger partial charge in [-0.25, -0.2) is 9.97 Å². The van der Waals surface area contributed by atoms with Crippen LogP contribution in [0.2, 0.25) is 0 Å². The highest BCUT2D eigenvalue weighted by molar-refractivity contribution is 5.76. The summed E-state index contributed by atoms with van der Waals surface area (Å²) < 4.78 is 0. The van der Waals surface area contributed by atoms with E-state index in [2.05, 4.69) is 50.5 Å². The summed E-state index contributed by atoms with van der Waals surface area (Å²) in [5.74, 6) is 1.97. The van der Waals surface area contributed by atoms with Gasteiger partial charge in [-0.3, -0.25) is 4.79 Å². The molecule has 1 saturated carbocycles. The maximum Gasteiger partial charge on any atom is 0.225 e. The third-order valence-corrected chi connectivity index (χ3v) is 4.70. The predicted octanol–water partition coefficient (Wildman–Crippen LogP) is 2.07. The Bertz CT molecular complexity index is 686. The van der Waals surface area contributed by atoms with E-state index in [1.165, 1.54) is 17.5 Å². The highest BCUT2D eigenvalue weighted by Gasteiger charge is 2.39. The van der Waals surface area contributed by atoms with Crippen LogP contribution in [0, 0.1) is 0 Å². The number of rotatable bonds is 3. The Morgan fingerprint density at radius 2 is 1.74 bits per heavy atom. The normalized spacial score (nSPS) is 24.0. The average molecular weight is 308 g/mol. The monoisotopic (exact) mass is 308 g/mol. The van der Waals surface area contributed by atoms with Crippen molar-refractivity contribution >= 4 is 11.9 Å². The Morgan fingerprint density at radius 1 is 1.00 bits per heavy atom. The van der Waals surface area contributed by atoms with Gasteiger partial charge in [0.1, 0.15) is 0 Å². The number of carbonyl (C=O) groups excluding carboxylic acids is 1. The molecule has 118 valence electrons. The van der Waals surface area contributed by atoms with E-state index in [1.54, 1.807) is 0 Å². The lowest BCUT2D eigenvalue weighted by Crippen LogP contribution is -2.29. The molecule has 4 rings (SSSR count). The molecule has 1 amide bonds. The van der Waals surface area contributed by atoms with Gasteiger partial charge in [0.15, 0.2) is 0 Å². The molecular weight excluding hydrogens is 288 g/mol. The molecule has 2 fully saturated rings. The van der Waals surface area contributed by atoms with E-state index < -0.39 is 0 Å². The van der Waals surface area contributed by atoms with Gasteiger partial charge >= 0.3 is 0 Å². The molecule has 5 heteroatoms. The van der Waals surface area contributed by atoms with Crippen molar-refractivity contribution < 1.29 is 4.79 Å². The number of aromatic nitrogens is 2. The van der Waals surface area contributed by atoms with Crippen molar-refractivity contribution in [2.24, 2.45) is 0 Å². The molecule has 2 atom stereocenters. The molecule has 0 bridgehead atoms. The summed E-state index contributed by atoms with van der Waals surface area (Å²) in [6, 6.07) is 10.6. The van der Waals surface area contributed by atoms with E-state index in [0.717, 1.165) is 12.5 Å². The molecule has 23 heavy (non-hydrogen) atoms. The summed E-state index contributed by atoms with van der Waals surface area (Å²) in [6.07, 6.45) is 5.59. The third kappa shape index (κ3) is 3.04.